The number of hydrogen-bond acceptors (Lipinski definition) is 5. The number of anilines is 1. The Labute approximate surface area is 178 Å². The third kappa shape index (κ3) is 4.67. The fourth-order valence-electron chi connectivity index (χ4n) is 2.99. The molecule has 0 fully saturated rings. The van der Waals surface area contributed by atoms with E-state index in [1.807, 2.05) is 72.1 Å². The van der Waals surface area contributed by atoms with Gasteiger partial charge < -0.3 is 9.47 Å². The topological polar surface area (TPSA) is 60.5 Å². The van der Waals surface area contributed by atoms with Crippen LogP contribution in [0.3, 0.4) is 0 Å². The molecule has 0 atom stereocenters. The zero-order valence-corrected chi connectivity index (χ0v) is 17.2. The van der Waals surface area contributed by atoms with Gasteiger partial charge in [0, 0.05) is 10.9 Å². The normalized spacial score (nSPS) is 10.4. The van der Waals surface area contributed by atoms with Gasteiger partial charge in [0.2, 0.25) is 0 Å². The number of nitrogens with zero attached hydrogens (tertiary/aromatic N) is 1. The lowest BCUT2D eigenvalue weighted by Gasteiger charge is -2.07. The van der Waals surface area contributed by atoms with Crippen molar-refractivity contribution in [1.82, 2.24) is 4.98 Å². The Morgan fingerprint density at radius 1 is 0.933 bits per heavy atom. The molecule has 0 saturated carbocycles. The van der Waals surface area contributed by atoms with Crippen LogP contribution >= 0.6 is 11.3 Å². The lowest BCUT2D eigenvalue weighted by Crippen LogP contribution is -2.20. The number of carbonyl (C=O) groups excluding carboxylic acids is 1. The number of nitrogens with one attached hydrogen (secondary N) is 1. The maximum atomic E-state index is 12.2. The van der Waals surface area contributed by atoms with Gasteiger partial charge in [-0.1, -0.05) is 54.6 Å². The zero-order valence-electron chi connectivity index (χ0n) is 16.4. The maximum Gasteiger partial charge on any atom is 0.264 e. The van der Waals surface area contributed by atoms with Crippen LogP contribution in [0.1, 0.15) is 0 Å². The lowest BCUT2D eigenvalue weighted by atomic mass is 10.1. The van der Waals surface area contributed by atoms with Gasteiger partial charge in [-0.3, -0.25) is 10.1 Å². The molecule has 0 aliphatic carbocycles. The summed E-state index contributed by atoms with van der Waals surface area (Å²) in [5.41, 5.74) is 3.87. The molecule has 1 N–H and O–H groups in total. The van der Waals surface area contributed by atoms with E-state index in [1.54, 1.807) is 7.11 Å². The first kappa shape index (κ1) is 19.7. The van der Waals surface area contributed by atoms with Crippen LogP contribution in [0.4, 0.5) is 5.13 Å². The molecule has 0 radical (unpaired) electrons. The summed E-state index contributed by atoms with van der Waals surface area (Å²) in [6.07, 6.45) is 0. The largest absolute Gasteiger partial charge is 0.496 e. The van der Waals surface area contributed by atoms with Gasteiger partial charge in [0.05, 0.1) is 12.8 Å². The van der Waals surface area contributed by atoms with Crippen LogP contribution in [-0.4, -0.2) is 24.6 Å². The summed E-state index contributed by atoms with van der Waals surface area (Å²) in [5, 5.41) is 5.18. The smallest absolute Gasteiger partial charge is 0.264 e. The van der Waals surface area contributed by atoms with Crippen molar-refractivity contribution in [2.75, 3.05) is 19.0 Å². The van der Waals surface area contributed by atoms with Gasteiger partial charge in [-0.2, -0.15) is 0 Å². The minimum Gasteiger partial charge on any atom is -0.496 e. The minimum atomic E-state index is -0.261. The maximum absolute atomic E-state index is 12.2. The van der Waals surface area contributed by atoms with E-state index in [0.29, 0.717) is 10.9 Å². The molecule has 0 spiro atoms. The summed E-state index contributed by atoms with van der Waals surface area (Å²) in [5.74, 6) is 1.12. The summed E-state index contributed by atoms with van der Waals surface area (Å²) in [6.45, 7) is -0.0890. The Morgan fingerprint density at radius 3 is 2.40 bits per heavy atom. The number of benzene rings is 3. The van der Waals surface area contributed by atoms with Crippen LogP contribution in [0.2, 0.25) is 0 Å². The zero-order chi connectivity index (χ0) is 20.8. The molecule has 0 aliphatic rings. The van der Waals surface area contributed by atoms with Gasteiger partial charge in [-0.25, -0.2) is 4.98 Å². The first-order chi connectivity index (χ1) is 14.7. The molecule has 5 nitrogen and oxygen atoms in total. The molecular weight excluding hydrogens is 396 g/mol. The molecule has 4 rings (SSSR count). The highest BCUT2D eigenvalue weighted by atomic mass is 32.1. The van der Waals surface area contributed by atoms with Crippen LogP contribution in [0.5, 0.6) is 11.5 Å². The highest BCUT2D eigenvalue weighted by Gasteiger charge is 2.11. The number of aromatic nitrogens is 1. The van der Waals surface area contributed by atoms with Crippen molar-refractivity contribution in [2.24, 2.45) is 0 Å². The molecule has 0 bridgehead atoms. The quantitative estimate of drug-likeness (QED) is 0.432. The fraction of sp³-hybridized carbons (Fsp3) is 0.0833. The van der Waals surface area contributed by atoms with Gasteiger partial charge in [0.1, 0.15) is 11.5 Å². The van der Waals surface area contributed by atoms with Gasteiger partial charge >= 0.3 is 0 Å². The second kappa shape index (κ2) is 9.24. The molecule has 150 valence electrons. The minimum absolute atomic E-state index is 0.0890. The number of ether oxygens (including phenoxy) is 2. The summed E-state index contributed by atoms with van der Waals surface area (Å²) in [6, 6.07) is 25.4. The Bertz CT molecular complexity index is 1120. The van der Waals surface area contributed by atoms with E-state index in [4.69, 9.17) is 9.47 Å². The van der Waals surface area contributed by atoms with Crippen LogP contribution in [-0.2, 0) is 4.79 Å². The molecule has 30 heavy (non-hydrogen) atoms. The van der Waals surface area contributed by atoms with E-state index in [1.165, 1.54) is 11.3 Å². The van der Waals surface area contributed by atoms with E-state index < -0.39 is 0 Å². The number of methoxy groups -OCH3 is 1. The molecule has 4 aromatic rings. The third-order valence-electron chi connectivity index (χ3n) is 4.46. The van der Waals surface area contributed by atoms with Crippen LogP contribution in [0.15, 0.2) is 84.2 Å². The second-order valence-electron chi connectivity index (χ2n) is 6.47. The lowest BCUT2D eigenvalue weighted by molar-refractivity contribution is -0.118. The molecule has 6 heteroatoms. The molecule has 1 aromatic heterocycles. The van der Waals surface area contributed by atoms with Crippen molar-refractivity contribution in [2.45, 2.75) is 0 Å². The van der Waals surface area contributed by atoms with Crippen LogP contribution < -0.4 is 14.8 Å². The molecule has 0 saturated heterocycles. The van der Waals surface area contributed by atoms with Crippen molar-refractivity contribution in [3.05, 3.63) is 84.2 Å². The average molecular weight is 417 g/mol. The first-order valence-corrected chi connectivity index (χ1v) is 10.3. The molecule has 3 aromatic carbocycles. The average Bonchev–Trinajstić information content (AvgIpc) is 3.27. The van der Waals surface area contributed by atoms with E-state index >= 15 is 0 Å². The molecule has 1 amide bonds. The van der Waals surface area contributed by atoms with Crippen LogP contribution in [0, 0.1) is 0 Å². The standard InChI is InChI=1S/C24H20N2O3S/c1-28-22-10-6-5-9-20(22)21-16-30-24(25-21)26-23(27)15-29-19-13-11-18(12-14-19)17-7-3-2-4-8-17/h2-14,16H,15H2,1H3,(H,25,26,27). The Balaban J connectivity index is 1.34. The Morgan fingerprint density at radius 2 is 1.63 bits per heavy atom. The predicted molar refractivity (Wildman–Crippen MR) is 120 cm³/mol. The highest BCUT2D eigenvalue weighted by molar-refractivity contribution is 7.14. The van der Waals surface area contributed by atoms with E-state index in [2.05, 4.69) is 22.4 Å². The van der Waals surface area contributed by atoms with Crippen molar-refractivity contribution >= 4 is 22.4 Å². The number of carbonyl (C=O) groups is 1. The van der Waals surface area contributed by atoms with Crippen molar-refractivity contribution in [3.8, 4) is 33.9 Å². The molecular formula is C24H20N2O3S. The summed E-state index contributed by atoms with van der Waals surface area (Å²) < 4.78 is 11.0. The molecule has 0 aliphatic heterocycles. The van der Waals surface area contributed by atoms with Crippen LogP contribution in [0.25, 0.3) is 22.4 Å². The molecule has 1 heterocycles. The SMILES string of the molecule is COc1ccccc1-c1csc(NC(=O)COc2ccc(-c3ccccc3)cc2)n1. The molecule has 0 unspecified atom stereocenters. The second-order valence-corrected chi connectivity index (χ2v) is 7.32. The van der Waals surface area contributed by atoms with E-state index in [0.717, 1.165) is 28.1 Å². The number of amides is 1. The number of para-hydroxylation sites is 1. The van der Waals surface area contributed by atoms with E-state index in [-0.39, 0.29) is 12.5 Å². The van der Waals surface area contributed by atoms with Gasteiger partial charge in [-0.15, -0.1) is 11.3 Å². The third-order valence-corrected chi connectivity index (χ3v) is 5.22. The van der Waals surface area contributed by atoms with Crippen molar-refractivity contribution in [3.63, 3.8) is 0 Å². The van der Waals surface area contributed by atoms with Gasteiger partial charge in [0.25, 0.3) is 5.91 Å². The number of rotatable bonds is 7. The van der Waals surface area contributed by atoms with Gasteiger partial charge in [0.15, 0.2) is 11.7 Å². The monoisotopic (exact) mass is 416 g/mol. The van der Waals surface area contributed by atoms with Gasteiger partial charge in [-0.05, 0) is 35.4 Å². The highest BCUT2D eigenvalue weighted by Crippen LogP contribution is 2.31. The predicted octanol–water partition coefficient (Wildman–Crippen LogP) is 5.50. The van der Waals surface area contributed by atoms with Crippen molar-refractivity contribution < 1.29 is 14.3 Å². The summed E-state index contributed by atoms with van der Waals surface area (Å²) in [4.78, 5) is 16.7. The fourth-order valence-corrected chi connectivity index (χ4v) is 3.72. The first-order valence-electron chi connectivity index (χ1n) is 9.40. The number of thiazole rings is 1. The van der Waals surface area contributed by atoms with E-state index in [9.17, 15) is 4.79 Å². The van der Waals surface area contributed by atoms with Crippen molar-refractivity contribution in [1.29, 1.82) is 0 Å². The number of hydrogen-bond donors (Lipinski definition) is 1. The summed E-state index contributed by atoms with van der Waals surface area (Å²) in [7, 11) is 1.62. The Hall–Kier alpha value is -3.64. The summed E-state index contributed by atoms with van der Waals surface area (Å²) >= 11 is 1.36. The Kier molecular flexibility index (Phi) is 6.06.